The highest BCUT2D eigenvalue weighted by Gasteiger charge is 2.31. The van der Waals surface area contributed by atoms with Crippen molar-refractivity contribution in [3.63, 3.8) is 0 Å². The predicted molar refractivity (Wildman–Crippen MR) is 103 cm³/mol. The molecule has 26 heavy (non-hydrogen) atoms. The highest BCUT2D eigenvalue weighted by atomic mass is 16.5. The summed E-state index contributed by atoms with van der Waals surface area (Å²) in [5.74, 6) is 1.34. The second kappa shape index (κ2) is 7.68. The van der Waals surface area contributed by atoms with Gasteiger partial charge in [0.05, 0.1) is 12.6 Å². The van der Waals surface area contributed by atoms with Gasteiger partial charge in [-0.2, -0.15) is 0 Å². The molecule has 0 bridgehead atoms. The fraction of sp³-hybridized carbons (Fsp3) is 0.550. The number of likely N-dealkylation sites (tertiary alicyclic amines) is 1. The molecule has 2 aromatic rings. The lowest BCUT2D eigenvalue weighted by Gasteiger charge is -2.38. The number of aliphatic hydroxyl groups excluding tert-OH is 1. The van der Waals surface area contributed by atoms with E-state index < -0.39 is 0 Å². The van der Waals surface area contributed by atoms with Crippen molar-refractivity contribution in [1.82, 2.24) is 14.4 Å². The summed E-state index contributed by atoms with van der Waals surface area (Å²) in [5.41, 5.74) is 1.66. The quantitative estimate of drug-likeness (QED) is 0.885. The van der Waals surface area contributed by atoms with E-state index in [4.69, 9.17) is 4.74 Å². The van der Waals surface area contributed by atoms with Crippen molar-refractivity contribution in [3.8, 4) is 5.75 Å². The summed E-state index contributed by atoms with van der Waals surface area (Å²) >= 11 is 0. The number of carbonyl (C=O) groups excluding carboxylic acids is 1. The number of rotatable bonds is 5. The molecular formula is C20H29N3O3. The van der Waals surface area contributed by atoms with Gasteiger partial charge in [-0.05, 0) is 50.6 Å². The highest BCUT2D eigenvalue weighted by molar-refractivity contribution is 5.99. The van der Waals surface area contributed by atoms with Crippen molar-refractivity contribution in [3.05, 3.63) is 30.0 Å². The van der Waals surface area contributed by atoms with Crippen LogP contribution in [0.1, 0.15) is 16.9 Å². The predicted octanol–water partition coefficient (Wildman–Crippen LogP) is 1.82. The Hall–Kier alpha value is -2.05. The standard InChI is InChI=1S/C20H29N3O3/c1-21(2)10-14-7-15(13-24)12-23(11-14)20(25)19-8-16-5-6-17(26-4)9-18(16)22(19)3/h5-6,8-9,14-15,24H,7,10-13H2,1-4H3/t14-,15+/m1/s1. The van der Waals surface area contributed by atoms with Crippen molar-refractivity contribution in [2.24, 2.45) is 18.9 Å². The summed E-state index contributed by atoms with van der Waals surface area (Å²) in [6.45, 7) is 2.40. The molecule has 2 heterocycles. The zero-order valence-electron chi connectivity index (χ0n) is 16.1. The van der Waals surface area contributed by atoms with E-state index in [1.807, 2.05) is 54.9 Å². The first-order valence-corrected chi connectivity index (χ1v) is 9.11. The van der Waals surface area contributed by atoms with E-state index >= 15 is 0 Å². The van der Waals surface area contributed by atoms with Gasteiger partial charge in [-0.1, -0.05) is 0 Å². The Balaban J connectivity index is 1.87. The van der Waals surface area contributed by atoms with Gasteiger partial charge in [-0.25, -0.2) is 0 Å². The Kier molecular flexibility index (Phi) is 5.53. The van der Waals surface area contributed by atoms with Crippen LogP contribution in [0.2, 0.25) is 0 Å². The molecule has 2 atom stereocenters. The van der Waals surface area contributed by atoms with Gasteiger partial charge in [-0.15, -0.1) is 0 Å². The molecule has 3 rings (SSSR count). The maximum Gasteiger partial charge on any atom is 0.270 e. The lowest BCUT2D eigenvalue weighted by Crippen LogP contribution is -2.47. The molecule has 142 valence electrons. The number of hydrogen-bond donors (Lipinski definition) is 1. The third-order valence-corrected chi connectivity index (χ3v) is 5.26. The molecule has 1 aliphatic rings. The van der Waals surface area contributed by atoms with Crippen LogP contribution < -0.4 is 4.74 Å². The summed E-state index contributed by atoms with van der Waals surface area (Å²) in [6, 6.07) is 7.78. The molecule has 0 unspecified atom stereocenters. The van der Waals surface area contributed by atoms with Gasteiger partial charge in [0.25, 0.3) is 5.91 Å². The maximum absolute atomic E-state index is 13.2. The number of aryl methyl sites for hydroxylation is 1. The van der Waals surface area contributed by atoms with Gasteiger partial charge in [0.15, 0.2) is 0 Å². The number of carbonyl (C=O) groups is 1. The molecule has 0 aliphatic carbocycles. The summed E-state index contributed by atoms with van der Waals surface area (Å²) < 4.78 is 7.24. The summed E-state index contributed by atoms with van der Waals surface area (Å²) in [4.78, 5) is 17.3. The molecule has 0 saturated carbocycles. The third kappa shape index (κ3) is 3.71. The summed E-state index contributed by atoms with van der Waals surface area (Å²) in [6.07, 6.45) is 0.963. The smallest absolute Gasteiger partial charge is 0.270 e. The van der Waals surface area contributed by atoms with Crippen LogP contribution in [0, 0.1) is 11.8 Å². The lowest BCUT2D eigenvalue weighted by atomic mass is 9.89. The molecular weight excluding hydrogens is 330 g/mol. The number of amides is 1. The van der Waals surface area contributed by atoms with Gasteiger partial charge in [0.1, 0.15) is 11.4 Å². The van der Waals surface area contributed by atoms with Crippen molar-refractivity contribution in [2.75, 3.05) is 47.4 Å². The number of aliphatic hydroxyl groups is 1. The van der Waals surface area contributed by atoms with Crippen molar-refractivity contribution in [2.45, 2.75) is 6.42 Å². The van der Waals surface area contributed by atoms with Gasteiger partial charge in [-0.3, -0.25) is 4.79 Å². The number of benzene rings is 1. The number of hydrogen-bond acceptors (Lipinski definition) is 4. The van der Waals surface area contributed by atoms with Crippen LogP contribution in [0.15, 0.2) is 24.3 Å². The van der Waals surface area contributed by atoms with Crippen LogP contribution in [-0.2, 0) is 7.05 Å². The highest BCUT2D eigenvalue weighted by Crippen LogP contribution is 2.27. The van der Waals surface area contributed by atoms with E-state index in [1.165, 1.54) is 0 Å². The first-order valence-electron chi connectivity index (χ1n) is 9.11. The molecule has 1 aliphatic heterocycles. The number of aromatic nitrogens is 1. The molecule has 6 heteroatoms. The van der Waals surface area contributed by atoms with Crippen LogP contribution in [-0.4, -0.2) is 72.8 Å². The minimum Gasteiger partial charge on any atom is -0.497 e. The normalized spacial score (nSPS) is 20.8. The number of piperidine rings is 1. The van der Waals surface area contributed by atoms with Crippen molar-refractivity contribution in [1.29, 1.82) is 0 Å². The minimum absolute atomic E-state index is 0.0320. The second-order valence-electron chi connectivity index (χ2n) is 7.64. The molecule has 6 nitrogen and oxygen atoms in total. The van der Waals surface area contributed by atoms with Crippen molar-refractivity contribution >= 4 is 16.8 Å². The Morgan fingerprint density at radius 2 is 2.00 bits per heavy atom. The lowest BCUT2D eigenvalue weighted by molar-refractivity contribution is 0.0470. The molecule has 0 radical (unpaired) electrons. The molecule has 1 aromatic carbocycles. The Labute approximate surface area is 154 Å². The summed E-state index contributed by atoms with van der Waals surface area (Å²) in [7, 11) is 7.65. The van der Waals surface area contributed by atoms with Gasteiger partial charge >= 0.3 is 0 Å². The molecule has 1 N–H and O–H groups in total. The van der Waals surface area contributed by atoms with E-state index in [9.17, 15) is 9.90 Å². The average molecular weight is 359 g/mol. The molecule has 1 fully saturated rings. The Morgan fingerprint density at radius 3 is 2.65 bits per heavy atom. The number of fused-ring (bicyclic) bond motifs is 1. The summed E-state index contributed by atoms with van der Waals surface area (Å²) in [5, 5.41) is 10.7. The molecule has 1 amide bonds. The first kappa shape index (κ1) is 18.7. The SMILES string of the molecule is COc1ccc2cc(C(=O)N3C[C@@H](CN(C)C)C[C@H](CO)C3)n(C)c2c1. The molecule has 0 spiro atoms. The monoisotopic (exact) mass is 359 g/mol. The number of nitrogens with zero attached hydrogens (tertiary/aromatic N) is 3. The fourth-order valence-corrected chi connectivity index (χ4v) is 4.07. The Morgan fingerprint density at radius 1 is 1.27 bits per heavy atom. The topological polar surface area (TPSA) is 57.9 Å². The van der Waals surface area contributed by atoms with Gasteiger partial charge in [0, 0.05) is 44.7 Å². The van der Waals surface area contributed by atoms with E-state index in [-0.39, 0.29) is 18.4 Å². The molecule has 1 saturated heterocycles. The Bertz CT molecular complexity index is 784. The zero-order valence-corrected chi connectivity index (χ0v) is 16.1. The van der Waals surface area contributed by atoms with Crippen LogP contribution in [0.25, 0.3) is 10.9 Å². The third-order valence-electron chi connectivity index (χ3n) is 5.26. The van der Waals surface area contributed by atoms with Crippen LogP contribution in [0.3, 0.4) is 0 Å². The van der Waals surface area contributed by atoms with E-state index in [2.05, 4.69) is 4.90 Å². The zero-order chi connectivity index (χ0) is 18.8. The minimum atomic E-state index is 0.0320. The van der Waals surface area contributed by atoms with Crippen LogP contribution in [0.4, 0.5) is 0 Å². The van der Waals surface area contributed by atoms with Crippen LogP contribution >= 0.6 is 0 Å². The first-order chi connectivity index (χ1) is 12.4. The van der Waals surface area contributed by atoms with Gasteiger partial charge in [0.2, 0.25) is 0 Å². The number of ether oxygens (including phenoxy) is 1. The number of methoxy groups -OCH3 is 1. The van der Waals surface area contributed by atoms with Crippen molar-refractivity contribution < 1.29 is 14.6 Å². The van der Waals surface area contributed by atoms with E-state index in [0.29, 0.717) is 18.2 Å². The van der Waals surface area contributed by atoms with Crippen LogP contribution in [0.5, 0.6) is 5.75 Å². The molecule has 1 aromatic heterocycles. The second-order valence-corrected chi connectivity index (χ2v) is 7.64. The van der Waals surface area contributed by atoms with E-state index in [0.717, 1.165) is 36.2 Å². The van der Waals surface area contributed by atoms with E-state index in [1.54, 1.807) is 7.11 Å². The maximum atomic E-state index is 13.2. The van der Waals surface area contributed by atoms with Gasteiger partial charge < -0.3 is 24.2 Å². The fourth-order valence-electron chi connectivity index (χ4n) is 4.07. The largest absolute Gasteiger partial charge is 0.497 e. The average Bonchev–Trinajstić information content (AvgIpc) is 2.96.